The summed E-state index contributed by atoms with van der Waals surface area (Å²) in [5, 5.41) is 8.61. The number of alkyl halides is 3. The topological polar surface area (TPSA) is 45.5 Å². The van der Waals surface area contributed by atoms with E-state index in [2.05, 4.69) is 0 Å². The zero-order chi connectivity index (χ0) is 13.4. The first kappa shape index (κ1) is 12.7. The van der Waals surface area contributed by atoms with E-state index < -0.39 is 17.3 Å². The second-order valence-corrected chi connectivity index (χ2v) is 4.35. The summed E-state index contributed by atoms with van der Waals surface area (Å²) >= 11 is 0. The minimum absolute atomic E-state index is 0.0523. The van der Waals surface area contributed by atoms with Crippen LogP contribution >= 0.6 is 0 Å². The Bertz CT molecular complexity index is 501. The molecule has 1 saturated heterocycles. The minimum Gasteiger partial charge on any atom is -0.490 e. The second-order valence-electron chi connectivity index (χ2n) is 4.35. The van der Waals surface area contributed by atoms with Crippen LogP contribution in [-0.2, 0) is 10.9 Å². The van der Waals surface area contributed by atoms with Crippen LogP contribution in [0.4, 0.5) is 13.2 Å². The molecule has 1 heterocycles. The highest BCUT2D eigenvalue weighted by atomic mass is 19.4. The first-order valence-electron chi connectivity index (χ1n) is 5.22. The number of benzene rings is 1. The number of hydrogen-bond donors (Lipinski definition) is 0. The van der Waals surface area contributed by atoms with Crippen molar-refractivity contribution in [2.24, 2.45) is 0 Å². The van der Waals surface area contributed by atoms with Crippen molar-refractivity contribution in [3.05, 3.63) is 29.3 Å². The van der Waals surface area contributed by atoms with Crippen molar-refractivity contribution in [3.63, 3.8) is 0 Å². The van der Waals surface area contributed by atoms with E-state index >= 15 is 0 Å². The van der Waals surface area contributed by atoms with E-state index in [-0.39, 0.29) is 17.9 Å². The van der Waals surface area contributed by atoms with E-state index in [0.29, 0.717) is 6.61 Å². The molecule has 0 amide bonds. The molecule has 0 saturated carbocycles. The highest BCUT2D eigenvalue weighted by Gasteiger charge is 2.41. The molecule has 1 fully saturated rings. The summed E-state index contributed by atoms with van der Waals surface area (Å²) in [6, 6.07) is 4.91. The SMILES string of the molecule is CC1(COc2ccc(C#N)cc2C(F)(F)F)CO1. The largest absolute Gasteiger partial charge is 0.490 e. The molecule has 1 aliphatic rings. The van der Waals surface area contributed by atoms with Gasteiger partial charge in [-0.15, -0.1) is 0 Å². The molecule has 6 heteroatoms. The maximum Gasteiger partial charge on any atom is 0.420 e. The highest BCUT2D eigenvalue weighted by Crippen LogP contribution is 2.37. The number of epoxide rings is 1. The summed E-state index contributed by atoms with van der Waals surface area (Å²) in [6.07, 6.45) is -4.55. The van der Waals surface area contributed by atoms with Crippen LogP contribution in [0.5, 0.6) is 5.75 Å². The third kappa shape index (κ3) is 2.74. The first-order valence-corrected chi connectivity index (χ1v) is 5.22. The van der Waals surface area contributed by atoms with Gasteiger partial charge < -0.3 is 9.47 Å². The van der Waals surface area contributed by atoms with Crippen molar-refractivity contribution in [2.75, 3.05) is 13.2 Å². The van der Waals surface area contributed by atoms with Gasteiger partial charge in [-0.1, -0.05) is 0 Å². The van der Waals surface area contributed by atoms with E-state index in [0.717, 1.165) is 12.1 Å². The van der Waals surface area contributed by atoms with Crippen LogP contribution in [0.2, 0.25) is 0 Å². The van der Waals surface area contributed by atoms with E-state index in [1.807, 2.05) is 0 Å². The van der Waals surface area contributed by atoms with Crippen molar-refractivity contribution in [1.29, 1.82) is 5.26 Å². The zero-order valence-corrected chi connectivity index (χ0v) is 9.54. The molecular formula is C12H10F3NO2. The molecule has 1 aromatic rings. The van der Waals surface area contributed by atoms with Crippen LogP contribution in [0.1, 0.15) is 18.1 Å². The number of hydrogen-bond acceptors (Lipinski definition) is 3. The third-order valence-corrected chi connectivity index (χ3v) is 2.58. The van der Waals surface area contributed by atoms with E-state index in [1.54, 1.807) is 13.0 Å². The fourth-order valence-electron chi connectivity index (χ4n) is 1.38. The van der Waals surface area contributed by atoms with Gasteiger partial charge in [0.05, 0.1) is 23.8 Å². The molecule has 3 nitrogen and oxygen atoms in total. The van der Waals surface area contributed by atoms with Crippen molar-refractivity contribution in [1.82, 2.24) is 0 Å². The Morgan fingerprint density at radius 1 is 1.50 bits per heavy atom. The first-order chi connectivity index (χ1) is 8.34. The predicted molar refractivity (Wildman–Crippen MR) is 56.0 cm³/mol. The Balaban J connectivity index is 2.25. The van der Waals surface area contributed by atoms with Gasteiger partial charge in [-0.25, -0.2) is 0 Å². The molecule has 1 aliphatic heterocycles. The maximum atomic E-state index is 12.8. The molecule has 1 atom stereocenters. The van der Waals surface area contributed by atoms with E-state index in [1.165, 1.54) is 6.07 Å². The number of halogens is 3. The zero-order valence-electron chi connectivity index (χ0n) is 9.54. The number of ether oxygens (including phenoxy) is 2. The molecule has 1 aromatic carbocycles. The van der Waals surface area contributed by atoms with Crippen LogP contribution in [0.3, 0.4) is 0 Å². The standard InChI is InChI=1S/C12H10F3NO2/c1-11(7-18-11)6-17-10-3-2-8(5-16)4-9(10)12(13,14)15/h2-4H,6-7H2,1H3. The van der Waals surface area contributed by atoms with E-state index in [9.17, 15) is 13.2 Å². The average Bonchev–Trinajstić information content (AvgIpc) is 3.04. The quantitative estimate of drug-likeness (QED) is 0.782. The number of nitrogens with zero attached hydrogens (tertiary/aromatic N) is 1. The molecule has 0 aromatic heterocycles. The molecule has 18 heavy (non-hydrogen) atoms. The van der Waals surface area contributed by atoms with E-state index in [4.69, 9.17) is 14.7 Å². The van der Waals surface area contributed by atoms with Crippen LogP contribution in [0.25, 0.3) is 0 Å². The van der Waals surface area contributed by atoms with Crippen LogP contribution < -0.4 is 4.74 Å². The molecule has 96 valence electrons. The minimum atomic E-state index is -4.55. The van der Waals surface area contributed by atoms with Crippen LogP contribution in [0, 0.1) is 11.3 Å². The lowest BCUT2D eigenvalue weighted by molar-refractivity contribution is -0.139. The monoisotopic (exact) mass is 257 g/mol. The smallest absolute Gasteiger partial charge is 0.420 e. The lowest BCUT2D eigenvalue weighted by Crippen LogP contribution is -2.19. The van der Waals surface area contributed by atoms with Crippen molar-refractivity contribution in [3.8, 4) is 11.8 Å². The number of nitriles is 1. The highest BCUT2D eigenvalue weighted by molar-refractivity contribution is 5.43. The second kappa shape index (κ2) is 4.18. The summed E-state index contributed by atoms with van der Waals surface area (Å²) < 4.78 is 48.5. The Morgan fingerprint density at radius 2 is 2.17 bits per heavy atom. The van der Waals surface area contributed by atoms with Gasteiger partial charge in [0.25, 0.3) is 0 Å². The fraction of sp³-hybridized carbons (Fsp3) is 0.417. The fourth-order valence-corrected chi connectivity index (χ4v) is 1.38. The predicted octanol–water partition coefficient (Wildman–Crippen LogP) is 2.74. The van der Waals surface area contributed by atoms with Crippen molar-refractivity contribution in [2.45, 2.75) is 18.7 Å². The molecule has 1 unspecified atom stereocenters. The Hall–Kier alpha value is -1.74. The summed E-state index contributed by atoms with van der Waals surface area (Å²) in [5.41, 5.74) is -1.48. The van der Waals surface area contributed by atoms with Crippen LogP contribution in [0.15, 0.2) is 18.2 Å². The Morgan fingerprint density at radius 3 is 2.67 bits per heavy atom. The van der Waals surface area contributed by atoms with Crippen LogP contribution in [-0.4, -0.2) is 18.8 Å². The molecule has 0 bridgehead atoms. The molecular weight excluding hydrogens is 247 g/mol. The van der Waals surface area contributed by atoms with Gasteiger partial charge in [-0.05, 0) is 25.1 Å². The normalized spacial score (nSPS) is 22.4. The molecule has 0 N–H and O–H groups in total. The van der Waals surface area contributed by atoms with Gasteiger partial charge >= 0.3 is 6.18 Å². The molecule has 0 radical (unpaired) electrons. The summed E-state index contributed by atoms with van der Waals surface area (Å²) in [5.74, 6) is -0.279. The summed E-state index contributed by atoms with van der Waals surface area (Å²) in [4.78, 5) is 0. The summed E-state index contributed by atoms with van der Waals surface area (Å²) in [7, 11) is 0. The van der Waals surface area contributed by atoms with Gasteiger partial charge in [0.15, 0.2) is 0 Å². The van der Waals surface area contributed by atoms with Gasteiger partial charge in [-0.2, -0.15) is 18.4 Å². The van der Waals surface area contributed by atoms with Gasteiger partial charge in [-0.3, -0.25) is 0 Å². The lowest BCUT2D eigenvalue weighted by Gasteiger charge is -2.15. The number of rotatable bonds is 3. The lowest BCUT2D eigenvalue weighted by atomic mass is 10.1. The average molecular weight is 257 g/mol. The Kier molecular flexibility index (Phi) is 2.95. The maximum absolute atomic E-state index is 12.8. The van der Waals surface area contributed by atoms with Gasteiger partial charge in [0.1, 0.15) is 18.0 Å². The molecule has 2 rings (SSSR count). The van der Waals surface area contributed by atoms with Crippen molar-refractivity contribution >= 4 is 0 Å². The van der Waals surface area contributed by atoms with Gasteiger partial charge in [0.2, 0.25) is 0 Å². The van der Waals surface area contributed by atoms with Crippen molar-refractivity contribution < 1.29 is 22.6 Å². The summed E-state index contributed by atoms with van der Waals surface area (Å²) in [6.45, 7) is 2.29. The Labute approximate surface area is 102 Å². The third-order valence-electron chi connectivity index (χ3n) is 2.58. The molecule has 0 spiro atoms. The van der Waals surface area contributed by atoms with Gasteiger partial charge in [0, 0.05) is 0 Å². The molecule has 0 aliphatic carbocycles.